The number of likely N-dealkylation sites (N-methyl/N-ethyl adjacent to an activating group) is 1. The van der Waals surface area contributed by atoms with Crippen LogP contribution in [0.15, 0.2) is 24.5 Å². The molecule has 2 aliphatic rings. The molecule has 28 heavy (non-hydrogen) atoms. The van der Waals surface area contributed by atoms with Crippen LogP contribution in [-0.4, -0.2) is 64.6 Å². The summed E-state index contributed by atoms with van der Waals surface area (Å²) >= 11 is 0. The van der Waals surface area contributed by atoms with Crippen LogP contribution >= 0.6 is 0 Å². The SMILES string of the molecule is CCN1CCN(C2CCC(Nc3ncnc4cc(CC#N)ccc34)CC2)CC1. The molecule has 0 radical (unpaired) electrons. The highest BCUT2D eigenvalue weighted by Gasteiger charge is 2.28. The Hall–Kier alpha value is -2.23. The lowest BCUT2D eigenvalue weighted by molar-refractivity contribution is 0.0800. The van der Waals surface area contributed by atoms with Gasteiger partial charge in [0.1, 0.15) is 12.1 Å². The minimum absolute atomic E-state index is 0.416. The molecule has 1 saturated heterocycles. The van der Waals surface area contributed by atoms with E-state index >= 15 is 0 Å². The summed E-state index contributed by atoms with van der Waals surface area (Å²) in [5, 5.41) is 13.6. The summed E-state index contributed by atoms with van der Waals surface area (Å²) in [6.07, 6.45) is 6.95. The van der Waals surface area contributed by atoms with E-state index in [1.54, 1.807) is 6.33 Å². The first-order chi connectivity index (χ1) is 13.8. The van der Waals surface area contributed by atoms with E-state index in [1.807, 2.05) is 18.2 Å². The van der Waals surface area contributed by atoms with Crippen molar-refractivity contribution in [2.75, 3.05) is 38.0 Å². The molecule has 1 aliphatic carbocycles. The standard InChI is InChI=1S/C22H30N6/c1-2-27-11-13-28(14-12-27)19-6-4-18(5-7-19)26-22-20-8-3-17(9-10-23)15-21(20)24-16-25-22/h3,8,15-16,18-19H,2,4-7,9,11-14H2,1H3,(H,24,25,26). The van der Waals surface area contributed by atoms with Crippen molar-refractivity contribution in [3.05, 3.63) is 30.1 Å². The molecular weight excluding hydrogens is 348 g/mol. The van der Waals surface area contributed by atoms with Crippen molar-refractivity contribution in [2.45, 2.75) is 51.1 Å². The number of anilines is 1. The molecule has 2 heterocycles. The van der Waals surface area contributed by atoms with Crippen LogP contribution in [0.1, 0.15) is 38.2 Å². The molecule has 0 unspecified atom stereocenters. The molecule has 0 spiro atoms. The maximum Gasteiger partial charge on any atom is 0.137 e. The molecule has 1 aromatic carbocycles. The first-order valence-electron chi connectivity index (χ1n) is 10.6. The zero-order chi connectivity index (χ0) is 19.3. The Morgan fingerprint density at radius 3 is 2.61 bits per heavy atom. The Morgan fingerprint density at radius 1 is 1.11 bits per heavy atom. The third-order valence-corrected chi connectivity index (χ3v) is 6.39. The van der Waals surface area contributed by atoms with Crippen LogP contribution in [0.4, 0.5) is 5.82 Å². The number of nitrogens with one attached hydrogen (secondary N) is 1. The Balaban J connectivity index is 1.35. The smallest absolute Gasteiger partial charge is 0.137 e. The molecule has 6 heteroatoms. The first-order valence-corrected chi connectivity index (χ1v) is 10.6. The quantitative estimate of drug-likeness (QED) is 0.862. The third kappa shape index (κ3) is 4.26. The van der Waals surface area contributed by atoms with Crippen LogP contribution in [0.3, 0.4) is 0 Å². The number of fused-ring (bicyclic) bond motifs is 1. The molecule has 2 aromatic rings. The summed E-state index contributed by atoms with van der Waals surface area (Å²) in [4.78, 5) is 14.1. The van der Waals surface area contributed by atoms with Crippen molar-refractivity contribution in [3.63, 3.8) is 0 Å². The number of hydrogen-bond acceptors (Lipinski definition) is 6. The van der Waals surface area contributed by atoms with Crippen LogP contribution in [0.5, 0.6) is 0 Å². The van der Waals surface area contributed by atoms with Gasteiger partial charge in [0.2, 0.25) is 0 Å². The van der Waals surface area contributed by atoms with E-state index in [0.29, 0.717) is 12.5 Å². The third-order valence-electron chi connectivity index (χ3n) is 6.39. The van der Waals surface area contributed by atoms with Crippen molar-refractivity contribution in [1.82, 2.24) is 19.8 Å². The molecule has 0 atom stereocenters. The van der Waals surface area contributed by atoms with E-state index in [4.69, 9.17) is 5.26 Å². The second kappa shape index (κ2) is 8.85. The van der Waals surface area contributed by atoms with Crippen molar-refractivity contribution in [1.29, 1.82) is 5.26 Å². The van der Waals surface area contributed by atoms with E-state index < -0.39 is 0 Å². The highest BCUT2D eigenvalue weighted by atomic mass is 15.3. The van der Waals surface area contributed by atoms with E-state index in [1.165, 1.54) is 58.4 Å². The summed E-state index contributed by atoms with van der Waals surface area (Å²) in [6.45, 7) is 8.31. The van der Waals surface area contributed by atoms with Gasteiger partial charge in [-0.2, -0.15) is 5.26 Å². The van der Waals surface area contributed by atoms with E-state index in [-0.39, 0.29) is 0 Å². The predicted octanol–water partition coefficient (Wildman–Crippen LogP) is 3.06. The molecular formula is C22H30N6. The minimum atomic E-state index is 0.416. The monoisotopic (exact) mass is 378 g/mol. The van der Waals surface area contributed by atoms with E-state index in [9.17, 15) is 0 Å². The first kappa shape index (κ1) is 19.1. The summed E-state index contributed by atoms with van der Waals surface area (Å²) < 4.78 is 0. The molecule has 1 saturated carbocycles. The van der Waals surface area contributed by atoms with Gasteiger partial charge in [0, 0.05) is 43.6 Å². The van der Waals surface area contributed by atoms with Gasteiger partial charge >= 0.3 is 0 Å². The molecule has 0 bridgehead atoms. The molecule has 4 rings (SSSR count). The topological polar surface area (TPSA) is 68.1 Å². The minimum Gasteiger partial charge on any atom is -0.367 e. The predicted molar refractivity (Wildman–Crippen MR) is 112 cm³/mol. The lowest BCUT2D eigenvalue weighted by atomic mass is 9.89. The lowest BCUT2D eigenvalue weighted by Gasteiger charge is -2.42. The van der Waals surface area contributed by atoms with Crippen molar-refractivity contribution in [3.8, 4) is 6.07 Å². The molecule has 6 nitrogen and oxygen atoms in total. The number of aromatic nitrogens is 2. The fourth-order valence-corrected chi connectivity index (χ4v) is 4.64. The zero-order valence-corrected chi connectivity index (χ0v) is 16.8. The molecule has 2 fully saturated rings. The van der Waals surface area contributed by atoms with Gasteiger partial charge in [0.05, 0.1) is 18.0 Å². The molecule has 148 valence electrons. The van der Waals surface area contributed by atoms with Crippen molar-refractivity contribution in [2.24, 2.45) is 0 Å². The molecule has 1 aliphatic heterocycles. The van der Waals surface area contributed by atoms with Crippen LogP contribution in [0.25, 0.3) is 10.9 Å². The van der Waals surface area contributed by atoms with Gasteiger partial charge in [-0.05, 0) is 49.9 Å². The van der Waals surface area contributed by atoms with Gasteiger partial charge in [-0.25, -0.2) is 9.97 Å². The molecule has 1 aromatic heterocycles. The van der Waals surface area contributed by atoms with Crippen LogP contribution < -0.4 is 5.32 Å². The number of rotatable bonds is 5. The number of benzene rings is 1. The van der Waals surface area contributed by atoms with Gasteiger partial charge in [0.15, 0.2) is 0 Å². The Bertz CT molecular complexity index is 829. The average molecular weight is 379 g/mol. The zero-order valence-electron chi connectivity index (χ0n) is 16.8. The summed E-state index contributed by atoms with van der Waals surface area (Å²) in [5.74, 6) is 0.925. The van der Waals surface area contributed by atoms with Crippen LogP contribution in [0.2, 0.25) is 0 Å². The van der Waals surface area contributed by atoms with Gasteiger partial charge in [-0.3, -0.25) is 4.90 Å². The summed E-state index contributed by atoms with van der Waals surface area (Å²) in [7, 11) is 0. The second-order valence-electron chi connectivity index (χ2n) is 8.03. The Morgan fingerprint density at radius 2 is 1.89 bits per heavy atom. The maximum atomic E-state index is 8.90. The van der Waals surface area contributed by atoms with Crippen molar-refractivity contribution >= 4 is 16.7 Å². The normalized spacial score (nSPS) is 24.1. The Kier molecular flexibility index (Phi) is 6.04. The Labute approximate surface area is 167 Å². The fourth-order valence-electron chi connectivity index (χ4n) is 4.64. The van der Waals surface area contributed by atoms with Crippen LogP contribution in [-0.2, 0) is 6.42 Å². The fraction of sp³-hybridized carbons (Fsp3) is 0.591. The number of nitriles is 1. The van der Waals surface area contributed by atoms with Gasteiger partial charge in [-0.15, -0.1) is 0 Å². The summed E-state index contributed by atoms with van der Waals surface area (Å²) in [5.41, 5.74) is 1.91. The van der Waals surface area contributed by atoms with E-state index in [0.717, 1.165) is 28.3 Å². The number of piperazine rings is 1. The van der Waals surface area contributed by atoms with Crippen LogP contribution in [0, 0.1) is 11.3 Å². The highest BCUT2D eigenvalue weighted by Crippen LogP contribution is 2.28. The lowest BCUT2D eigenvalue weighted by Crippen LogP contribution is -2.51. The highest BCUT2D eigenvalue weighted by molar-refractivity contribution is 5.89. The number of hydrogen-bond donors (Lipinski definition) is 1. The summed E-state index contributed by atoms with van der Waals surface area (Å²) in [6, 6.07) is 9.47. The maximum absolute atomic E-state index is 8.90. The van der Waals surface area contributed by atoms with Crippen molar-refractivity contribution < 1.29 is 0 Å². The average Bonchev–Trinajstić information content (AvgIpc) is 2.75. The molecule has 0 amide bonds. The largest absolute Gasteiger partial charge is 0.367 e. The van der Waals surface area contributed by atoms with Gasteiger partial charge in [0.25, 0.3) is 0 Å². The molecule has 1 N–H and O–H groups in total. The van der Waals surface area contributed by atoms with Gasteiger partial charge < -0.3 is 10.2 Å². The van der Waals surface area contributed by atoms with E-state index in [2.05, 4.69) is 38.1 Å². The van der Waals surface area contributed by atoms with Gasteiger partial charge in [-0.1, -0.05) is 13.0 Å². The second-order valence-corrected chi connectivity index (χ2v) is 8.03. The number of nitrogens with zero attached hydrogens (tertiary/aromatic N) is 5.